The van der Waals surface area contributed by atoms with Gasteiger partial charge < -0.3 is 10.0 Å². The average Bonchev–Trinajstić information content (AvgIpc) is 2.04. The second-order valence-corrected chi connectivity index (χ2v) is 4.25. The van der Waals surface area contributed by atoms with Crippen molar-refractivity contribution in [1.82, 2.24) is 4.90 Å². The molecule has 0 unspecified atom stereocenters. The maximum absolute atomic E-state index is 9.32. The number of hydrogen-bond acceptors (Lipinski definition) is 2. The van der Waals surface area contributed by atoms with E-state index in [1.165, 1.54) is 0 Å². The van der Waals surface area contributed by atoms with E-state index in [4.69, 9.17) is 0 Å². The molecule has 1 atom stereocenters. The van der Waals surface area contributed by atoms with Gasteiger partial charge in [0.15, 0.2) is 0 Å². The Morgan fingerprint density at radius 2 is 1.67 bits per heavy atom. The Kier molecular flexibility index (Phi) is 3.53. The van der Waals surface area contributed by atoms with Crippen molar-refractivity contribution in [3.8, 4) is 0 Å². The van der Waals surface area contributed by atoms with Crippen LogP contribution < -0.4 is 0 Å². The zero-order valence-electron chi connectivity index (χ0n) is 8.45. The molecule has 1 aliphatic heterocycles. The van der Waals surface area contributed by atoms with Gasteiger partial charge in [-0.2, -0.15) is 0 Å². The van der Waals surface area contributed by atoms with Gasteiger partial charge in [-0.25, -0.2) is 0 Å². The van der Waals surface area contributed by atoms with Crippen LogP contribution in [0.4, 0.5) is 0 Å². The van der Waals surface area contributed by atoms with Crippen LogP contribution in [0.1, 0.15) is 33.6 Å². The van der Waals surface area contributed by atoms with Crippen molar-refractivity contribution in [2.24, 2.45) is 5.92 Å². The molecule has 2 nitrogen and oxygen atoms in total. The summed E-state index contributed by atoms with van der Waals surface area (Å²) in [6.45, 7) is 8.94. The summed E-state index contributed by atoms with van der Waals surface area (Å²) in [7, 11) is 0. The minimum absolute atomic E-state index is 0.0411. The zero-order chi connectivity index (χ0) is 9.14. The normalized spacial score (nSPS) is 24.8. The molecule has 1 aliphatic rings. The SMILES string of the molecule is CC(C)[C@H](C)N1CCC(O)CC1. The lowest BCUT2D eigenvalue weighted by atomic mass is 10.00. The molecule has 0 spiro atoms. The van der Waals surface area contributed by atoms with Gasteiger partial charge in [-0.1, -0.05) is 13.8 Å². The van der Waals surface area contributed by atoms with Crippen LogP contribution in [-0.2, 0) is 0 Å². The van der Waals surface area contributed by atoms with E-state index in [1.807, 2.05) is 0 Å². The molecule has 2 heteroatoms. The average molecular weight is 171 g/mol. The Bertz CT molecular complexity index is 128. The molecule has 0 saturated carbocycles. The predicted octanol–water partition coefficient (Wildman–Crippen LogP) is 1.49. The van der Waals surface area contributed by atoms with Crippen molar-refractivity contribution < 1.29 is 5.11 Å². The van der Waals surface area contributed by atoms with Crippen molar-refractivity contribution in [3.63, 3.8) is 0 Å². The molecule has 72 valence electrons. The maximum atomic E-state index is 9.32. The Balaban J connectivity index is 2.34. The predicted molar refractivity (Wildman–Crippen MR) is 51.1 cm³/mol. The minimum Gasteiger partial charge on any atom is -0.393 e. The Morgan fingerprint density at radius 3 is 2.08 bits per heavy atom. The highest BCUT2D eigenvalue weighted by atomic mass is 16.3. The quantitative estimate of drug-likeness (QED) is 0.680. The lowest BCUT2D eigenvalue weighted by molar-refractivity contribution is 0.0536. The van der Waals surface area contributed by atoms with E-state index in [2.05, 4.69) is 25.7 Å². The first-order valence-corrected chi connectivity index (χ1v) is 5.03. The van der Waals surface area contributed by atoms with Gasteiger partial charge in [0.05, 0.1) is 6.10 Å². The fourth-order valence-electron chi connectivity index (χ4n) is 1.71. The van der Waals surface area contributed by atoms with Crippen LogP contribution in [0.15, 0.2) is 0 Å². The van der Waals surface area contributed by atoms with Gasteiger partial charge in [0.2, 0.25) is 0 Å². The van der Waals surface area contributed by atoms with Gasteiger partial charge in [-0.05, 0) is 25.7 Å². The van der Waals surface area contributed by atoms with E-state index in [-0.39, 0.29) is 6.10 Å². The summed E-state index contributed by atoms with van der Waals surface area (Å²) < 4.78 is 0. The van der Waals surface area contributed by atoms with E-state index in [1.54, 1.807) is 0 Å². The Labute approximate surface area is 75.6 Å². The number of aliphatic hydroxyl groups excluding tert-OH is 1. The molecule has 0 bridgehead atoms. The fraction of sp³-hybridized carbons (Fsp3) is 1.00. The molecule has 0 aromatic rings. The van der Waals surface area contributed by atoms with Crippen LogP contribution in [0.25, 0.3) is 0 Å². The topological polar surface area (TPSA) is 23.5 Å². The van der Waals surface area contributed by atoms with Crippen molar-refractivity contribution in [3.05, 3.63) is 0 Å². The third kappa shape index (κ3) is 2.46. The van der Waals surface area contributed by atoms with E-state index in [0.29, 0.717) is 6.04 Å². The van der Waals surface area contributed by atoms with Crippen LogP contribution in [0.3, 0.4) is 0 Å². The van der Waals surface area contributed by atoms with Gasteiger partial charge in [-0.3, -0.25) is 0 Å². The summed E-state index contributed by atoms with van der Waals surface area (Å²) in [6.07, 6.45) is 1.87. The molecule has 1 fully saturated rings. The summed E-state index contributed by atoms with van der Waals surface area (Å²) in [4.78, 5) is 2.48. The lowest BCUT2D eigenvalue weighted by Crippen LogP contribution is -2.43. The number of piperidine rings is 1. The Morgan fingerprint density at radius 1 is 1.17 bits per heavy atom. The van der Waals surface area contributed by atoms with Crippen LogP contribution in [0.5, 0.6) is 0 Å². The lowest BCUT2D eigenvalue weighted by Gasteiger charge is -2.36. The van der Waals surface area contributed by atoms with Crippen molar-refractivity contribution >= 4 is 0 Å². The largest absolute Gasteiger partial charge is 0.393 e. The Hall–Kier alpha value is -0.0800. The van der Waals surface area contributed by atoms with E-state index in [0.717, 1.165) is 31.8 Å². The van der Waals surface area contributed by atoms with Gasteiger partial charge in [0.25, 0.3) is 0 Å². The number of hydrogen-bond donors (Lipinski definition) is 1. The summed E-state index contributed by atoms with van der Waals surface area (Å²) in [5, 5.41) is 9.32. The summed E-state index contributed by atoms with van der Waals surface area (Å²) >= 11 is 0. The van der Waals surface area contributed by atoms with Crippen LogP contribution in [0.2, 0.25) is 0 Å². The molecule has 1 heterocycles. The van der Waals surface area contributed by atoms with Gasteiger partial charge in [0.1, 0.15) is 0 Å². The minimum atomic E-state index is -0.0411. The summed E-state index contributed by atoms with van der Waals surface area (Å²) in [5.74, 6) is 0.722. The first-order valence-electron chi connectivity index (χ1n) is 5.03. The fourth-order valence-corrected chi connectivity index (χ4v) is 1.71. The smallest absolute Gasteiger partial charge is 0.0564 e. The monoisotopic (exact) mass is 171 g/mol. The molecular formula is C10H21NO. The van der Waals surface area contributed by atoms with E-state index < -0.39 is 0 Å². The maximum Gasteiger partial charge on any atom is 0.0564 e. The van der Waals surface area contributed by atoms with Gasteiger partial charge in [0, 0.05) is 19.1 Å². The number of aliphatic hydroxyl groups is 1. The molecule has 1 rings (SSSR count). The van der Waals surface area contributed by atoms with Crippen LogP contribution >= 0.6 is 0 Å². The molecule has 0 amide bonds. The standard InChI is InChI=1S/C10H21NO/c1-8(2)9(3)11-6-4-10(12)5-7-11/h8-10,12H,4-7H2,1-3H3/t9-/m0/s1. The van der Waals surface area contributed by atoms with Crippen LogP contribution in [0, 0.1) is 5.92 Å². The molecule has 12 heavy (non-hydrogen) atoms. The van der Waals surface area contributed by atoms with E-state index >= 15 is 0 Å². The molecule has 0 aliphatic carbocycles. The number of nitrogens with zero attached hydrogens (tertiary/aromatic N) is 1. The number of rotatable bonds is 2. The van der Waals surface area contributed by atoms with E-state index in [9.17, 15) is 5.11 Å². The first kappa shape index (κ1) is 10.0. The second kappa shape index (κ2) is 4.24. The third-order valence-corrected chi connectivity index (χ3v) is 3.04. The molecule has 1 N–H and O–H groups in total. The summed E-state index contributed by atoms with van der Waals surface area (Å²) in [5.41, 5.74) is 0. The molecule has 0 aromatic heterocycles. The van der Waals surface area contributed by atoms with Crippen molar-refractivity contribution in [2.75, 3.05) is 13.1 Å². The molecule has 1 saturated heterocycles. The highest BCUT2D eigenvalue weighted by molar-refractivity contribution is 4.76. The first-order chi connectivity index (χ1) is 5.61. The highest BCUT2D eigenvalue weighted by Gasteiger charge is 2.22. The van der Waals surface area contributed by atoms with Crippen molar-refractivity contribution in [1.29, 1.82) is 0 Å². The highest BCUT2D eigenvalue weighted by Crippen LogP contribution is 2.16. The molecule has 0 radical (unpaired) electrons. The van der Waals surface area contributed by atoms with Gasteiger partial charge in [-0.15, -0.1) is 0 Å². The zero-order valence-corrected chi connectivity index (χ0v) is 8.45. The van der Waals surface area contributed by atoms with Crippen molar-refractivity contribution in [2.45, 2.75) is 45.8 Å². The summed E-state index contributed by atoms with van der Waals surface area (Å²) in [6, 6.07) is 0.664. The molecule has 0 aromatic carbocycles. The second-order valence-electron chi connectivity index (χ2n) is 4.25. The van der Waals surface area contributed by atoms with Crippen LogP contribution in [-0.4, -0.2) is 35.2 Å². The third-order valence-electron chi connectivity index (χ3n) is 3.04. The number of likely N-dealkylation sites (tertiary alicyclic amines) is 1. The van der Waals surface area contributed by atoms with Gasteiger partial charge >= 0.3 is 0 Å². The molecular weight excluding hydrogens is 150 g/mol.